The van der Waals surface area contributed by atoms with E-state index in [9.17, 15) is 14.9 Å². The molecule has 27 heavy (non-hydrogen) atoms. The molecule has 7 heteroatoms. The fourth-order valence-corrected chi connectivity index (χ4v) is 2.58. The number of nitrogens with zero attached hydrogens (tertiary/aromatic N) is 1. The Morgan fingerprint density at radius 1 is 1.22 bits per heavy atom. The number of carbonyl (C=O) groups is 1. The predicted octanol–water partition coefficient (Wildman–Crippen LogP) is 4.32. The summed E-state index contributed by atoms with van der Waals surface area (Å²) in [5.41, 5.74) is 1.44. The van der Waals surface area contributed by atoms with E-state index in [0.717, 1.165) is 18.5 Å². The van der Waals surface area contributed by atoms with Crippen molar-refractivity contribution in [2.45, 2.75) is 38.8 Å². The topological polar surface area (TPSA) is 90.7 Å². The first-order valence-corrected chi connectivity index (χ1v) is 8.85. The molecule has 0 saturated heterocycles. The van der Waals surface area contributed by atoms with Crippen molar-refractivity contribution in [3.63, 3.8) is 0 Å². The van der Waals surface area contributed by atoms with Gasteiger partial charge in [-0.3, -0.25) is 10.1 Å². The highest BCUT2D eigenvalue weighted by Gasteiger charge is 2.23. The van der Waals surface area contributed by atoms with Gasteiger partial charge in [-0.2, -0.15) is 0 Å². The number of hydrogen-bond acceptors (Lipinski definition) is 6. The molecule has 0 aliphatic heterocycles. The minimum Gasteiger partial charge on any atom is -0.478 e. The number of ether oxygens (including phenoxy) is 2. The molecule has 0 radical (unpaired) electrons. The Bertz CT molecular complexity index is 764. The largest absolute Gasteiger partial charge is 0.478 e. The first kappa shape index (κ1) is 20.2. The van der Waals surface area contributed by atoms with Gasteiger partial charge in [0.25, 0.3) is 5.69 Å². The number of carbonyl (C=O) groups excluding carboxylic acids is 1. The number of non-ortho nitro benzene ring substituents is 1. The van der Waals surface area contributed by atoms with Crippen molar-refractivity contribution in [1.82, 2.24) is 0 Å². The van der Waals surface area contributed by atoms with Crippen molar-refractivity contribution in [3.8, 4) is 5.75 Å². The summed E-state index contributed by atoms with van der Waals surface area (Å²) in [4.78, 5) is 22.7. The highest BCUT2D eigenvalue weighted by Crippen LogP contribution is 2.27. The minimum absolute atomic E-state index is 0.0320. The maximum Gasteiger partial charge on any atom is 0.347 e. The molecule has 2 rings (SSSR count). The van der Waals surface area contributed by atoms with Gasteiger partial charge in [-0.05, 0) is 31.0 Å². The Kier molecular flexibility index (Phi) is 7.61. The lowest BCUT2D eigenvalue weighted by atomic mass is 10.1. The maximum atomic E-state index is 12.0. The van der Waals surface area contributed by atoms with Crippen LogP contribution in [-0.2, 0) is 16.1 Å². The second kappa shape index (κ2) is 10.2. The van der Waals surface area contributed by atoms with Gasteiger partial charge in [-0.15, -0.1) is 0 Å². The molecule has 0 spiro atoms. The van der Waals surface area contributed by atoms with E-state index in [2.05, 4.69) is 5.32 Å². The lowest BCUT2D eigenvalue weighted by molar-refractivity contribution is -0.384. The number of nitrogens with one attached hydrogen (secondary N) is 1. The van der Waals surface area contributed by atoms with Crippen molar-refractivity contribution >= 4 is 17.3 Å². The Labute approximate surface area is 158 Å². The van der Waals surface area contributed by atoms with E-state index < -0.39 is 17.0 Å². The van der Waals surface area contributed by atoms with Crippen molar-refractivity contribution < 1.29 is 19.2 Å². The van der Waals surface area contributed by atoms with Gasteiger partial charge in [-0.25, -0.2) is 4.79 Å². The van der Waals surface area contributed by atoms with Crippen LogP contribution in [0.4, 0.5) is 11.4 Å². The van der Waals surface area contributed by atoms with Crippen LogP contribution in [-0.4, -0.2) is 24.1 Å². The van der Waals surface area contributed by atoms with E-state index >= 15 is 0 Å². The SMILES string of the molecule is CCCCC(Oc1ccc([N+](=O)[O-])cc1CNc1ccccc1)C(=O)OC. The lowest BCUT2D eigenvalue weighted by Crippen LogP contribution is -2.29. The molecule has 0 bridgehead atoms. The van der Waals surface area contributed by atoms with Crippen LogP contribution >= 0.6 is 0 Å². The molecule has 0 aliphatic rings. The third kappa shape index (κ3) is 5.99. The van der Waals surface area contributed by atoms with Crippen LogP contribution in [0.2, 0.25) is 0 Å². The number of esters is 1. The highest BCUT2D eigenvalue weighted by molar-refractivity contribution is 5.75. The lowest BCUT2D eigenvalue weighted by Gasteiger charge is -2.19. The molecular weight excluding hydrogens is 348 g/mol. The maximum absolute atomic E-state index is 12.0. The predicted molar refractivity (Wildman–Crippen MR) is 103 cm³/mol. The summed E-state index contributed by atoms with van der Waals surface area (Å²) in [7, 11) is 1.32. The van der Waals surface area contributed by atoms with Crippen LogP contribution in [0, 0.1) is 10.1 Å². The first-order valence-electron chi connectivity index (χ1n) is 8.85. The van der Waals surface area contributed by atoms with Crippen LogP contribution in [0.5, 0.6) is 5.75 Å². The van der Waals surface area contributed by atoms with Gasteiger partial charge in [0.2, 0.25) is 0 Å². The van der Waals surface area contributed by atoms with E-state index in [0.29, 0.717) is 24.3 Å². The molecule has 2 aromatic rings. The quantitative estimate of drug-likeness (QED) is 0.379. The molecular formula is C20H24N2O5. The molecule has 7 nitrogen and oxygen atoms in total. The standard InChI is InChI=1S/C20H24N2O5/c1-3-4-10-19(20(23)26-2)27-18-12-11-17(22(24)25)13-15(18)14-21-16-8-6-5-7-9-16/h5-9,11-13,19,21H,3-4,10,14H2,1-2H3. The smallest absolute Gasteiger partial charge is 0.347 e. The minimum atomic E-state index is -0.744. The number of rotatable bonds is 10. The normalized spacial score (nSPS) is 11.5. The van der Waals surface area contributed by atoms with Gasteiger partial charge in [0.05, 0.1) is 12.0 Å². The van der Waals surface area contributed by atoms with Crippen molar-refractivity contribution in [3.05, 3.63) is 64.2 Å². The number of nitro benzene ring substituents is 1. The number of nitro groups is 1. The third-order valence-corrected chi connectivity index (χ3v) is 4.06. The summed E-state index contributed by atoms with van der Waals surface area (Å²) < 4.78 is 10.7. The molecule has 0 saturated carbocycles. The molecule has 0 fully saturated rings. The molecule has 2 aromatic carbocycles. The number of methoxy groups -OCH3 is 1. The fourth-order valence-electron chi connectivity index (χ4n) is 2.58. The molecule has 0 aromatic heterocycles. The zero-order valence-corrected chi connectivity index (χ0v) is 15.5. The summed E-state index contributed by atoms with van der Waals surface area (Å²) >= 11 is 0. The van der Waals surface area contributed by atoms with Gasteiger partial charge in [0.1, 0.15) is 5.75 Å². The van der Waals surface area contributed by atoms with Gasteiger partial charge < -0.3 is 14.8 Å². The Hall–Kier alpha value is -3.09. The Balaban J connectivity index is 2.24. The number of benzene rings is 2. The van der Waals surface area contributed by atoms with E-state index in [1.54, 1.807) is 0 Å². The summed E-state index contributed by atoms with van der Waals surface area (Å²) in [5, 5.41) is 14.3. The number of para-hydroxylation sites is 1. The highest BCUT2D eigenvalue weighted by atomic mass is 16.6. The van der Waals surface area contributed by atoms with E-state index in [-0.39, 0.29) is 5.69 Å². The van der Waals surface area contributed by atoms with Crippen LogP contribution in [0.3, 0.4) is 0 Å². The zero-order valence-electron chi connectivity index (χ0n) is 15.5. The average molecular weight is 372 g/mol. The summed E-state index contributed by atoms with van der Waals surface area (Å²) in [6.07, 6.45) is 1.50. The van der Waals surface area contributed by atoms with Gasteiger partial charge in [0, 0.05) is 29.9 Å². The van der Waals surface area contributed by atoms with Crippen molar-refractivity contribution in [2.75, 3.05) is 12.4 Å². The second-order valence-corrected chi connectivity index (χ2v) is 6.04. The molecule has 144 valence electrons. The van der Waals surface area contributed by atoms with E-state index in [1.165, 1.54) is 25.3 Å². The summed E-state index contributed by atoms with van der Waals surface area (Å²) in [5.74, 6) is -0.0284. The monoisotopic (exact) mass is 372 g/mol. The van der Waals surface area contributed by atoms with Gasteiger partial charge in [0.15, 0.2) is 6.10 Å². The Morgan fingerprint density at radius 2 is 1.96 bits per heavy atom. The Morgan fingerprint density at radius 3 is 2.59 bits per heavy atom. The third-order valence-electron chi connectivity index (χ3n) is 4.06. The number of anilines is 1. The fraction of sp³-hybridized carbons (Fsp3) is 0.350. The number of unbranched alkanes of at least 4 members (excludes halogenated alkanes) is 1. The summed E-state index contributed by atoms with van der Waals surface area (Å²) in [6, 6.07) is 13.8. The second-order valence-electron chi connectivity index (χ2n) is 6.04. The number of hydrogen-bond donors (Lipinski definition) is 1. The molecule has 0 amide bonds. The zero-order chi connectivity index (χ0) is 19.6. The van der Waals surface area contributed by atoms with Crippen LogP contribution in [0.15, 0.2) is 48.5 Å². The molecule has 0 aliphatic carbocycles. The average Bonchev–Trinajstić information content (AvgIpc) is 2.70. The van der Waals surface area contributed by atoms with Crippen LogP contribution in [0.25, 0.3) is 0 Å². The molecule has 0 heterocycles. The molecule has 1 unspecified atom stereocenters. The van der Waals surface area contributed by atoms with Crippen LogP contribution < -0.4 is 10.1 Å². The van der Waals surface area contributed by atoms with Gasteiger partial charge in [-0.1, -0.05) is 31.5 Å². The van der Waals surface area contributed by atoms with Crippen molar-refractivity contribution in [2.24, 2.45) is 0 Å². The van der Waals surface area contributed by atoms with E-state index in [1.807, 2.05) is 37.3 Å². The van der Waals surface area contributed by atoms with Crippen molar-refractivity contribution in [1.29, 1.82) is 0 Å². The first-order chi connectivity index (χ1) is 13.0. The van der Waals surface area contributed by atoms with Gasteiger partial charge >= 0.3 is 5.97 Å². The van der Waals surface area contributed by atoms with E-state index in [4.69, 9.17) is 9.47 Å². The van der Waals surface area contributed by atoms with Crippen LogP contribution in [0.1, 0.15) is 31.7 Å². The summed E-state index contributed by atoms with van der Waals surface area (Å²) in [6.45, 7) is 2.35. The molecule has 1 N–H and O–H groups in total. The molecule has 1 atom stereocenters.